The molecule has 1 aliphatic heterocycles. The monoisotopic (exact) mass is 360 g/mol. The molecule has 0 spiro atoms. The molecular formula is C15H12N4O5S. The first kappa shape index (κ1) is 16.6. The van der Waals surface area contributed by atoms with E-state index >= 15 is 0 Å². The molecule has 9 nitrogen and oxygen atoms in total. The number of amides is 1. The molecule has 0 atom stereocenters. The van der Waals surface area contributed by atoms with Gasteiger partial charge in [0.2, 0.25) is 10.0 Å². The number of carboxylic acid groups (broad SMARTS) is 1. The molecule has 2 aromatic rings. The lowest BCUT2D eigenvalue weighted by atomic mass is 10.1. The normalized spacial score (nSPS) is 14.9. The summed E-state index contributed by atoms with van der Waals surface area (Å²) in [5.41, 5.74) is 1.04. The Morgan fingerprint density at radius 2 is 1.96 bits per heavy atom. The molecule has 1 aromatic carbocycles. The fourth-order valence-electron chi connectivity index (χ4n) is 2.22. The summed E-state index contributed by atoms with van der Waals surface area (Å²) in [6.45, 7) is 0. The van der Waals surface area contributed by atoms with Crippen LogP contribution in [0.4, 0.5) is 11.5 Å². The lowest BCUT2D eigenvalue weighted by Gasteiger charge is -2.04. The quantitative estimate of drug-likeness (QED) is 0.589. The van der Waals surface area contributed by atoms with Crippen molar-refractivity contribution in [3.63, 3.8) is 0 Å². The molecule has 0 saturated carbocycles. The van der Waals surface area contributed by atoms with E-state index in [9.17, 15) is 18.0 Å². The molecular weight excluding hydrogens is 348 g/mol. The van der Waals surface area contributed by atoms with Crippen LogP contribution in [-0.2, 0) is 14.8 Å². The highest BCUT2D eigenvalue weighted by Gasteiger charge is 2.26. The molecule has 0 fully saturated rings. The van der Waals surface area contributed by atoms with Crippen LogP contribution in [0.15, 0.2) is 47.6 Å². The number of carbonyl (C=O) groups excluding carboxylic acids is 1. The van der Waals surface area contributed by atoms with Crippen LogP contribution in [-0.4, -0.2) is 30.4 Å². The van der Waals surface area contributed by atoms with Gasteiger partial charge in [-0.25, -0.2) is 23.3 Å². The minimum atomic E-state index is -3.78. The summed E-state index contributed by atoms with van der Waals surface area (Å²) in [6.07, 6.45) is 2.55. The Labute approximate surface area is 142 Å². The van der Waals surface area contributed by atoms with E-state index in [0.717, 1.165) is 6.20 Å². The van der Waals surface area contributed by atoms with E-state index in [4.69, 9.17) is 10.2 Å². The Morgan fingerprint density at radius 3 is 2.56 bits per heavy atom. The summed E-state index contributed by atoms with van der Waals surface area (Å²) in [4.78, 5) is 26.9. The molecule has 10 heteroatoms. The van der Waals surface area contributed by atoms with Gasteiger partial charge in [-0.1, -0.05) is 0 Å². The summed E-state index contributed by atoms with van der Waals surface area (Å²) >= 11 is 0. The first-order valence-electron chi connectivity index (χ1n) is 6.90. The second kappa shape index (κ2) is 6.00. The van der Waals surface area contributed by atoms with E-state index in [-0.39, 0.29) is 21.8 Å². The number of anilines is 2. The third kappa shape index (κ3) is 3.34. The lowest BCUT2D eigenvalue weighted by molar-refractivity contribution is -0.110. The van der Waals surface area contributed by atoms with Crippen LogP contribution in [0.3, 0.4) is 0 Å². The van der Waals surface area contributed by atoms with Crippen molar-refractivity contribution in [2.45, 2.75) is 4.90 Å². The molecule has 1 amide bonds. The summed E-state index contributed by atoms with van der Waals surface area (Å²) in [6, 6.07) is 6.96. The number of carbonyl (C=O) groups is 2. The molecule has 1 aromatic heterocycles. The van der Waals surface area contributed by atoms with Gasteiger partial charge in [-0.05, 0) is 30.3 Å². The van der Waals surface area contributed by atoms with Crippen molar-refractivity contribution >= 4 is 39.0 Å². The molecule has 2 heterocycles. The first-order chi connectivity index (χ1) is 11.8. The number of aromatic carboxylic acids is 1. The SMILES string of the molecule is NS(=O)(=O)c1ccc(N/C=C2\C(=O)Nc3ncc(C(=O)O)cc32)cc1. The van der Waals surface area contributed by atoms with Gasteiger partial charge >= 0.3 is 5.97 Å². The maximum absolute atomic E-state index is 12.0. The molecule has 128 valence electrons. The molecule has 1 aliphatic rings. The fourth-order valence-corrected chi connectivity index (χ4v) is 2.74. The van der Waals surface area contributed by atoms with E-state index < -0.39 is 21.9 Å². The standard InChI is InChI=1S/C15H12N4O5S/c16-25(23,24)10-3-1-9(2-4-10)17-7-12-11-5-8(15(21)22)6-18-13(11)19-14(12)20/h1-7,17H,(H,21,22)(H2,16,23,24)(H,18,19,20)/b12-7-. The van der Waals surface area contributed by atoms with Crippen LogP contribution >= 0.6 is 0 Å². The van der Waals surface area contributed by atoms with Crippen molar-refractivity contribution in [3.8, 4) is 0 Å². The predicted molar refractivity (Wildman–Crippen MR) is 89.2 cm³/mol. The number of hydrogen-bond acceptors (Lipinski definition) is 6. The molecule has 0 bridgehead atoms. The van der Waals surface area contributed by atoms with Gasteiger partial charge in [0.05, 0.1) is 16.0 Å². The number of pyridine rings is 1. The van der Waals surface area contributed by atoms with E-state index in [2.05, 4.69) is 15.6 Å². The van der Waals surface area contributed by atoms with E-state index in [1.165, 1.54) is 36.5 Å². The zero-order valence-corrected chi connectivity index (χ0v) is 13.4. The molecule has 0 radical (unpaired) electrons. The number of nitrogens with two attached hydrogens (primary N) is 1. The maximum atomic E-state index is 12.0. The first-order valence-corrected chi connectivity index (χ1v) is 8.45. The summed E-state index contributed by atoms with van der Waals surface area (Å²) in [5, 5.41) is 19.4. The van der Waals surface area contributed by atoms with Gasteiger partial charge in [-0.15, -0.1) is 0 Å². The largest absolute Gasteiger partial charge is 0.478 e. The zero-order chi connectivity index (χ0) is 18.2. The Hall–Kier alpha value is -3.24. The van der Waals surface area contributed by atoms with Crippen LogP contribution < -0.4 is 15.8 Å². The number of fused-ring (bicyclic) bond motifs is 1. The third-order valence-electron chi connectivity index (χ3n) is 3.47. The van der Waals surface area contributed by atoms with Gasteiger partial charge in [-0.3, -0.25) is 4.79 Å². The van der Waals surface area contributed by atoms with Gasteiger partial charge in [0, 0.05) is 23.6 Å². The van der Waals surface area contributed by atoms with Crippen molar-refractivity contribution in [2.24, 2.45) is 5.14 Å². The second-order valence-corrected chi connectivity index (χ2v) is 6.71. The highest BCUT2D eigenvalue weighted by molar-refractivity contribution is 7.89. The predicted octanol–water partition coefficient (Wildman–Crippen LogP) is 0.832. The number of aromatic nitrogens is 1. The number of benzene rings is 1. The maximum Gasteiger partial charge on any atom is 0.337 e. The molecule has 5 N–H and O–H groups in total. The number of nitrogens with zero attached hydrogens (tertiary/aromatic N) is 1. The van der Waals surface area contributed by atoms with Gasteiger partial charge in [0.25, 0.3) is 5.91 Å². The summed E-state index contributed by atoms with van der Waals surface area (Å²) in [5.74, 6) is -1.31. The Kier molecular flexibility index (Phi) is 3.99. The molecule has 3 rings (SSSR count). The molecule has 0 unspecified atom stereocenters. The molecule has 25 heavy (non-hydrogen) atoms. The van der Waals surface area contributed by atoms with Gasteiger partial charge < -0.3 is 15.7 Å². The Balaban J connectivity index is 1.89. The van der Waals surface area contributed by atoms with Crippen molar-refractivity contribution in [1.29, 1.82) is 0 Å². The van der Waals surface area contributed by atoms with E-state index in [0.29, 0.717) is 11.3 Å². The third-order valence-corrected chi connectivity index (χ3v) is 4.40. The minimum absolute atomic E-state index is 0.0371. The van der Waals surface area contributed by atoms with Crippen LogP contribution in [0.1, 0.15) is 15.9 Å². The fraction of sp³-hybridized carbons (Fsp3) is 0. The average molecular weight is 360 g/mol. The number of sulfonamides is 1. The topological polar surface area (TPSA) is 151 Å². The van der Waals surface area contributed by atoms with Crippen molar-refractivity contribution < 1.29 is 23.1 Å². The number of carboxylic acids is 1. The Morgan fingerprint density at radius 1 is 1.28 bits per heavy atom. The number of rotatable bonds is 4. The zero-order valence-electron chi connectivity index (χ0n) is 12.6. The second-order valence-electron chi connectivity index (χ2n) is 5.15. The van der Waals surface area contributed by atoms with Crippen molar-refractivity contribution in [3.05, 3.63) is 53.9 Å². The summed E-state index contributed by atoms with van der Waals surface area (Å²) in [7, 11) is -3.78. The number of nitrogens with one attached hydrogen (secondary N) is 2. The summed E-state index contributed by atoms with van der Waals surface area (Å²) < 4.78 is 22.4. The van der Waals surface area contributed by atoms with E-state index in [1.54, 1.807) is 0 Å². The smallest absolute Gasteiger partial charge is 0.337 e. The van der Waals surface area contributed by atoms with Crippen molar-refractivity contribution in [1.82, 2.24) is 4.98 Å². The average Bonchev–Trinajstić information content (AvgIpc) is 2.87. The van der Waals surface area contributed by atoms with Gasteiger partial charge in [-0.2, -0.15) is 0 Å². The van der Waals surface area contributed by atoms with Crippen LogP contribution in [0.25, 0.3) is 5.57 Å². The van der Waals surface area contributed by atoms with Gasteiger partial charge in [0.1, 0.15) is 5.82 Å². The van der Waals surface area contributed by atoms with Gasteiger partial charge in [0.15, 0.2) is 0 Å². The van der Waals surface area contributed by atoms with Crippen molar-refractivity contribution in [2.75, 3.05) is 10.6 Å². The van der Waals surface area contributed by atoms with Crippen LogP contribution in [0.2, 0.25) is 0 Å². The highest BCUT2D eigenvalue weighted by atomic mass is 32.2. The lowest BCUT2D eigenvalue weighted by Crippen LogP contribution is -2.11. The number of hydrogen-bond donors (Lipinski definition) is 4. The highest BCUT2D eigenvalue weighted by Crippen LogP contribution is 2.30. The number of primary sulfonamides is 1. The Bertz CT molecular complexity index is 1010. The molecule has 0 saturated heterocycles. The van der Waals surface area contributed by atoms with Crippen LogP contribution in [0, 0.1) is 0 Å². The van der Waals surface area contributed by atoms with E-state index in [1.807, 2.05) is 0 Å². The minimum Gasteiger partial charge on any atom is -0.478 e. The molecule has 0 aliphatic carbocycles. The van der Waals surface area contributed by atoms with Crippen LogP contribution in [0.5, 0.6) is 0 Å².